The number of pyridine rings is 1. The second kappa shape index (κ2) is 9.32. The largest absolute Gasteiger partial charge is 0.437 e. The van der Waals surface area contributed by atoms with E-state index >= 15 is 0 Å². The molecule has 0 aliphatic heterocycles. The number of carbonyl (C=O) groups is 1. The summed E-state index contributed by atoms with van der Waals surface area (Å²) in [5, 5.41) is 2.20. The van der Waals surface area contributed by atoms with Gasteiger partial charge >= 0.3 is 6.18 Å². The number of aromatic nitrogens is 1. The standard InChI is InChI=1S/C20H14ClF4N3O4S/c1-33(30,31)28-14-4-2-3-13(9-14)27-18(29)15-7-11(20(23,24)25)10-26-19(15)32-17-6-5-12(22)8-16(17)21/h2-8,10H,9H2,1H3,(H,27,29). The van der Waals surface area contributed by atoms with Gasteiger partial charge in [-0.1, -0.05) is 17.7 Å². The number of amides is 1. The Bertz CT molecular complexity index is 1300. The molecule has 0 radical (unpaired) electrons. The molecule has 1 N–H and O–H groups in total. The molecule has 13 heteroatoms. The summed E-state index contributed by atoms with van der Waals surface area (Å²) in [6.07, 6.45) is 0.734. The quantitative estimate of drug-likeness (QED) is 0.598. The number of halogens is 5. The third kappa shape index (κ3) is 6.62. The Labute approximate surface area is 190 Å². The lowest BCUT2D eigenvalue weighted by Crippen LogP contribution is -2.26. The Morgan fingerprint density at radius 2 is 2.00 bits per heavy atom. The number of allylic oxidation sites excluding steroid dienone is 4. The normalized spacial score (nSPS) is 15.3. The maximum atomic E-state index is 13.3. The van der Waals surface area contributed by atoms with Crippen LogP contribution in [0.25, 0.3) is 0 Å². The molecule has 0 atom stereocenters. The number of rotatable bonds is 5. The predicted molar refractivity (Wildman–Crippen MR) is 112 cm³/mol. The predicted octanol–water partition coefficient (Wildman–Crippen LogP) is 4.66. The van der Waals surface area contributed by atoms with Gasteiger partial charge in [0.05, 0.1) is 22.6 Å². The molecule has 1 aliphatic carbocycles. The fourth-order valence-electron chi connectivity index (χ4n) is 2.68. The van der Waals surface area contributed by atoms with Gasteiger partial charge in [-0.25, -0.2) is 17.8 Å². The van der Waals surface area contributed by atoms with E-state index in [0.717, 1.165) is 24.5 Å². The SMILES string of the molecule is CS(=O)(=O)N=C1C=CC=C(NC(=O)c2cc(C(F)(F)F)cnc2Oc2ccc(F)cc2Cl)C1. The summed E-state index contributed by atoms with van der Waals surface area (Å²) < 4.78 is 84.5. The van der Waals surface area contributed by atoms with Gasteiger partial charge in [-0.15, -0.1) is 0 Å². The van der Waals surface area contributed by atoms with Gasteiger partial charge in [0, 0.05) is 18.3 Å². The zero-order chi connectivity index (χ0) is 24.4. The Balaban J connectivity index is 1.94. The van der Waals surface area contributed by atoms with E-state index in [1.54, 1.807) is 0 Å². The molecule has 3 rings (SSSR count). The zero-order valence-electron chi connectivity index (χ0n) is 16.7. The minimum absolute atomic E-state index is 0.0956. The van der Waals surface area contributed by atoms with Crippen LogP contribution < -0.4 is 10.1 Å². The van der Waals surface area contributed by atoms with Crippen molar-refractivity contribution in [3.05, 3.63) is 76.4 Å². The highest BCUT2D eigenvalue weighted by Gasteiger charge is 2.33. The molecule has 1 aromatic carbocycles. The first kappa shape index (κ1) is 24.4. The van der Waals surface area contributed by atoms with Crippen LogP contribution >= 0.6 is 11.6 Å². The molecule has 7 nitrogen and oxygen atoms in total. The average Bonchev–Trinajstić information content (AvgIpc) is 2.68. The number of carbonyl (C=O) groups excluding carboxylic acids is 1. The summed E-state index contributed by atoms with van der Waals surface area (Å²) in [4.78, 5) is 16.4. The summed E-state index contributed by atoms with van der Waals surface area (Å²) in [5.74, 6) is -2.33. The van der Waals surface area contributed by atoms with Crippen molar-refractivity contribution >= 4 is 33.2 Å². The molecule has 1 amide bonds. The van der Waals surface area contributed by atoms with Crippen LogP contribution in [0.1, 0.15) is 22.3 Å². The van der Waals surface area contributed by atoms with Gasteiger partial charge in [-0.3, -0.25) is 4.79 Å². The first-order chi connectivity index (χ1) is 15.3. The molecule has 0 fully saturated rings. The first-order valence-electron chi connectivity index (χ1n) is 8.99. The van der Waals surface area contributed by atoms with Gasteiger partial charge in [0.15, 0.2) is 0 Å². The van der Waals surface area contributed by atoms with Gasteiger partial charge in [0.2, 0.25) is 15.9 Å². The van der Waals surface area contributed by atoms with Gasteiger partial charge < -0.3 is 10.1 Å². The van der Waals surface area contributed by atoms with Crippen molar-refractivity contribution in [2.75, 3.05) is 6.26 Å². The van der Waals surface area contributed by atoms with Gasteiger partial charge in [-0.2, -0.15) is 17.6 Å². The van der Waals surface area contributed by atoms with E-state index in [0.29, 0.717) is 12.3 Å². The van der Waals surface area contributed by atoms with Crippen LogP contribution in [0, 0.1) is 5.82 Å². The summed E-state index contributed by atoms with van der Waals surface area (Å²) in [7, 11) is -3.70. The minimum atomic E-state index is -4.80. The molecular weight excluding hydrogens is 490 g/mol. The second-order valence-electron chi connectivity index (χ2n) is 6.75. The molecule has 174 valence electrons. The molecule has 0 spiro atoms. The van der Waals surface area contributed by atoms with E-state index in [4.69, 9.17) is 16.3 Å². The van der Waals surface area contributed by atoms with E-state index in [-0.39, 0.29) is 28.6 Å². The van der Waals surface area contributed by atoms with Crippen molar-refractivity contribution in [3.8, 4) is 11.6 Å². The molecule has 0 unspecified atom stereocenters. The van der Waals surface area contributed by atoms with Crippen LogP contribution in [0.2, 0.25) is 5.02 Å². The van der Waals surface area contributed by atoms with Gasteiger partial charge in [0.25, 0.3) is 5.91 Å². The number of nitrogens with one attached hydrogen (secondary N) is 1. The lowest BCUT2D eigenvalue weighted by molar-refractivity contribution is -0.137. The van der Waals surface area contributed by atoms with Crippen LogP contribution in [-0.2, 0) is 16.2 Å². The van der Waals surface area contributed by atoms with Gasteiger partial charge in [0.1, 0.15) is 17.1 Å². The highest BCUT2D eigenvalue weighted by Crippen LogP contribution is 2.34. The van der Waals surface area contributed by atoms with Crippen LogP contribution in [0.4, 0.5) is 17.6 Å². The summed E-state index contributed by atoms with van der Waals surface area (Å²) in [6.45, 7) is 0. The van der Waals surface area contributed by atoms with E-state index < -0.39 is 44.9 Å². The zero-order valence-corrected chi connectivity index (χ0v) is 18.2. The van der Waals surface area contributed by atoms with Gasteiger partial charge in [-0.05, 0) is 36.4 Å². The monoisotopic (exact) mass is 503 g/mol. The Morgan fingerprint density at radius 3 is 2.64 bits per heavy atom. The number of alkyl halides is 3. The van der Waals surface area contributed by atoms with Crippen LogP contribution in [-0.4, -0.2) is 31.3 Å². The molecular formula is C20H14ClF4N3O4S. The van der Waals surface area contributed by atoms with Crippen LogP contribution in [0.5, 0.6) is 11.6 Å². The maximum absolute atomic E-state index is 13.3. The van der Waals surface area contributed by atoms with Crippen molar-refractivity contribution in [2.24, 2.45) is 4.40 Å². The molecule has 1 aliphatic rings. The number of sulfonamides is 1. The summed E-state index contributed by atoms with van der Waals surface area (Å²) in [6, 6.07) is 3.59. The molecule has 1 aromatic heterocycles. The highest BCUT2D eigenvalue weighted by molar-refractivity contribution is 7.89. The van der Waals surface area contributed by atoms with Crippen molar-refractivity contribution in [2.45, 2.75) is 12.6 Å². The third-order valence-electron chi connectivity index (χ3n) is 4.04. The smallest absolute Gasteiger partial charge is 0.417 e. The third-order valence-corrected chi connectivity index (χ3v) is 4.90. The molecule has 33 heavy (non-hydrogen) atoms. The fourth-order valence-corrected chi connectivity index (χ4v) is 3.43. The number of benzene rings is 1. The number of hydrogen-bond acceptors (Lipinski definition) is 5. The Morgan fingerprint density at radius 1 is 1.27 bits per heavy atom. The van der Waals surface area contributed by atoms with Crippen molar-refractivity contribution in [1.82, 2.24) is 10.3 Å². The first-order valence-corrected chi connectivity index (χ1v) is 11.2. The summed E-state index contributed by atoms with van der Waals surface area (Å²) in [5.41, 5.74) is -1.50. The Hall–Kier alpha value is -3.25. The van der Waals surface area contributed by atoms with Crippen molar-refractivity contribution in [3.63, 3.8) is 0 Å². The van der Waals surface area contributed by atoms with Crippen LogP contribution in [0.15, 0.2) is 58.8 Å². The molecule has 1 heterocycles. The van der Waals surface area contributed by atoms with Crippen LogP contribution in [0.3, 0.4) is 0 Å². The fraction of sp³-hybridized carbons (Fsp3) is 0.150. The summed E-state index contributed by atoms with van der Waals surface area (Å²) >= 11 is 5.89. The lowest BCUT2D eigenvalue weighted by atomic mass is 10.1. The lowest BCUT2D eigenvalue weighted by Gasteiger charge is -2.16. The highest BCUT2D eigenvalue weighted by atomic mass is 35.5. The minimum Gasteiger partial charge on any atom is -0.437 e. The second-order valence-corrected chi connectivity index (χ2v) is 8.80. The average molecular weight is 504 g/mol. The molecule has 2 aromatic rings. The molecule has 0 bridgehead atoms. The van der Waals surface area contributed by atoms with E-state index in [1.165, 1.54) is 18.2 Å². The number of nitrogens with zero attached hydrogens (tertiary/aromatic N) is 2. The van der Waals surface area contributed by atoms with Crippen molar-refractivity contribution in [1.29, 1.82) is 0 Å². The van der Waals surface area contributed by atoms with Crippen molar-refractivity contribution < 1.29 is 35.5 Å². The van der Waals surface area contributed by atoms with E-state index in [9.17, 15) is 30.8 Å². The Kier molecular flexibility index (Phi) is 6.89. The molecule has 0 saturated heterocycles. The van der Waals surface area contributed by atoms with E-state index in [2.05, 4.69) is 14.7 Å². The van der Waals surface area contributed by atoms with E-state index in [1.807, 2.05) is 0 Å². The molecule has 0 saturated carbocycles. The number of ether oxygens (including phenoxy) is 1. The maximum Gasteiger partial charge on any atom is 0.417 e. The number of hydrogen-bond donors (Lipinski definition) is 1. The topological polar surface area (TPSA) is 97.7 Å².